The van der Waals surface area contributed by atoms with Crippen LogP contribution in [-0.4, -0.2) is 15.1 Å². The monoisotopic (exact) mass is 258 g/mol. The first-order chi connectivity index (χ1) is 9.13. The van der Waals surface area contributed by atoms with Gasteiger partial charge in [0.1, 0.15) is 11.5 Å². The van der Waals surface area contributed by atoms with Crippen LogP contribution in [0.5, 0.6) is 0 Å². The van der Waals surface area contributed by atoms with Crippen LogP contribution in [0.1, 0.15) is 47.2 Å². The normalized spacial score (nSPS) is 14.7. The second-order valence-corrected chi connectivity index (χ2v) is 5.19. The summed E-state index contributed by atoms with van der Waals surface area (Å²) in [6.45, 7) is 6.62. The van der Waals surface area contributed by atoms with Gasteiger partial charge in [-0.1, -0.05) is 5.16 Å². The number of rotatable bonds is 4. The molecule has 5 nitrogen and oxygen atoms in total. The van der Waals surface area contributed by atoms with Crippen LogP contribution in [0.2, 0.25) is 0 Å². The molecule has 0 spiro atoms. The van der Waals surface area contributed by atoms with Gasteiger partial charge in [0.2, 0.25) is 5.95 Å². The maximum Gasteiger partial charge on any atom is 0.223 e. The Bertz CT molecular complexity index is 578. The molecule has 1 saturated carbocycles. The molecule has 1 N–H and O–H groups in total. The number of nitrogens with zero attached hydrogens (tertiary/aromatic N) is 3. The van der Waals surface area contributed by atoms with Crippen LogP contribution >= 0.6 is 0 Å². The molecule has 0 amide bonds. The number of aryl methyl sites for hydroxylation is 2. The molecule has 2 aromatic heterocycles. The zero-order valence-electron chi connectivity index (χ0n) is 11.5. The molecule has 0 aliphatic heterocycles. The van der Waals surface area contributed by atoms with Crippen molar-refractivity contribution in [2.45, 2.75) is 46.1 Å². The summed E-state index contributed by atoms with van der Waals surface area (Å²) >= 11 is 0. The Kier molecular flexibility index (Phi) is 2.97. The van der Waals surface area contributed by atoms with Crippen molar-refractivity contribution in [3.63, 3.8) is 0 Å². The third-order valence-corrected chi connectivity index (χ3v) is 3.62. The molecule has 5 heteroatoms. The molecule has 0 unspecified atom stereocenters. The Morgan fingerprint density at radius 3 is 2.53 bits per heavy atom. The van der Waals surface area contributed by atoms with Gasteiger partial charge in [-0.25, -0.2) is 9.97 Å². The molecule has 1 aliphatic rings. The quantitative estimate of drug-likeness (QED) is 0.913. The van der Waals surface area contributed by atoms with E-state index in [1.165, 1.54) is 12.8 Å². The summed E-state index contributed by atoms with van der Waals surface area (Å²) in [5.74, 6) is 2.26. The molecule has 0 aromatic carbocycles. The zero-order chi connectivity index (χ0) is 13.4. The predicted octanol–water partition coefficient (Wildman–Crippen LogP) is 2.88. The van der Waals surface area contributed by atoms with Crippen LogP contribution in [-0.2, 0) is 6.54 Å². The minimum Gasteiger partial charge on any atom is -0.361 e. The topological polar surface area (TPSA) is 63.8 Å². The van der Waals surface area contributed by atoms with Crippen LogP contribution in [0.25, 0.3) is 0 Å². The third-order valence-electron chi connectivity index (χ3n) is 3.62. The van der Waals surface area contributed by atoms with Gasteiger partial charge >= 0.3 is 0 Å². The fourth-order valence-electron chi connectivity index (χ4n) is 1.99. The average Bonchev–Trinajstić information content (AvgIpc) is 3.13. The molecular weight excluding hydrogens is 240 g/mol. The Morgan fingerprint density at radius 2 is 1.89 bits per heavy atom. The summed E-state index contributed by atoms with van der Waals surface area (Å²) in [6, 6.07) is 2.03. The van der Waals surface area contributed by atoms with Crippen molar-refractivity contribution in [1.29, 1.82) is 0 Å². The van der Waals surface area contributed by atoms with E-state index in [4.69, 9.17) is 4.52 Å². The molecule has 2 aromatic rings. The highest BCUT2D eigenvalue weighted by molar-refractivity contribution is 5.33. The van der Waals surface area contributed by atoms with Crippen molar-refractivity contribution in [3.8, 4) is 0 Å². The molecule has 0 atom stereocenters. The Labute approximate surface area is 112 Å². The predicted molar refractivity (Wildman–Crippen MR) is 72.0 cm³/mol. The highest BCUT2D eigenvalue weighted by Crippen LogP contribution is 2.40. The van der Waals surface area contributed by atoms with Gasteiger partial charge in [0, 0.05) is 23.4 Å². The van der Waals surface area contributed by atoms with Crippen LogP contribution in [0.15, 0.2) is 10.6 Å². The van der Waals surface area contributed by atoms with E-state index < -0.39 is 0 Å². The van der Waals surface area contributed by atoms with Gasteiger partial charge in [-0.2, -0.15) is 0 Å². The van der Waals surface area contributed by atoms with E-state index in [1.807, 2.05) is 26.8 Å². The van der Waals surface area contributed by atoms with E-state index in [0.29, 0.717) is 18.4 Å². The van der Waals surface area contributed by atoms with E-state index in [2.05, 4.69) is 20.4 Å². The van der Waals surface area contributed by atoms with Crippen LogP contribution in [0.4, 0.5) is 5.95 Å². The summed E-state index contributed by atoms with van der Waals surface area (Å²) in [6.07, 6.45) is 2.45. The van der Waals surface area contributed by atoms with Crippen molar-refractivity contribution in [2.24, 2.45) is 0 Å². The first-order valence-corrected chi connectivity index (χ1v) is 6.64. The molecule has 0 saturated heterocycles. The maximum atomic E-state index is 5.31. The van der Waals surface area contributed by atoms with Crippen molar-refractivity contribution < 1.29 is 4.52 Å². The van der Waals surface area contributed by atoms with E-state index in [0.717, 1.165) is 28.4 Å². The fraction of sp³-hybridized carbons (Fsp3) is 0.500. The van der Waals surface area contributed by atoms with Gasteiger partial charge in [0.25, 0.3) is 0 Å². The Morgan fingerprint density at radius 1 is 1.21 bits per heavy atom. The van der Waals surface area contributed by atoms with Crippen LogP contribution in [0, 0.1) is 20.8 Å². The van der Waals surface area contributed by atoms with E-state index in [9.17, 15) is 0 Å². The maximum absolute atomic E-state index is 5.31. The SMILES string of the molecule is Cc1nc(NCc2cc(C3CC3)on2)nc(C)c1C. The van der Waals surface area contributed by atoms with Gasteiger partial charge in [0.15, 0.2) is 0 Å². The minimum absolute atomic E-state index is 0.595. The lowest BCUT2D eigenvalue weighted by molar-refractivity contribution is 0.379. The highest BCUT2D eigenvalue weighted by Gasteiger charge is 2.27. The van der Waals surface area contributed by atoms with E-state index in [1.54, 1.807) is 0 Å². The summed E-state index contributed by atoms with van der Waals surface area (Å²) in [5.41, 5.74) is 4.06. The fourth-order valence-corrected chi connectivity index (χ4v) is 1.99. The van der Waals surface area contributed by atoms with E-state index in [-0.39, 0.29) is 0 Å². The van der Waals surface area contributed by atoms with Crippen molar-refractivity contribution in [2.75, 3.05) is 5.32 Å². The third kappa shape index (κ3) is 2.59. The first kappa shape index (κ1) is 12.1. The summed E-state index contributed by atoms with van der Waals surface area (Å²) in [5, 5.41) is 7.26. The lowest BCUT2D eigenvalue weighted by atomic mass is 10.2. The van der Waals surface area contributed by atoms with Gasteiger partial charge in [-0.3, -0.25) is 0 Å². The summed E-state index contributed by atoms with van der Waals surface area (Å²) in [7, 11) is 0. The molecule has 3 rings (SSSR count). The molecule has 100 valence electrons. The lowest BCUT2D eigenvalue weighted by Crippen LogP contribution is -2.07. The molecule has 19 heavy (non-hydrogen) atoms. The first-order valence-electron chi connectivity index (χ1n) is 6.64. The number of anilines is 1. The van der Waals surface area contributed by atoms with Crippen LogP contribution < -0.4 is 5.32 Å². The zero-order valence-corrected chi connectivity index (χ0v) is 11.5. The van der Waals surface area contributed by atoms with Crippen molar-refractivity contribution >= 4 is 5.95 Å². The van der Waals surface area contributed by atoms with Gasteiger partial charge in [-0.05, 0) is 39.2 Å². The molecule has 0 radical (unpaired) electrons. The van der Waals surface area contributed by atoms with Gasteiger partial charge in [-0.15, -0.1) is 0 Å². The van der Waals surface area contributed by atoms with Gasteiger partial charge < -0.3 is 9.84 Å². The molecule has 0 bridgehead atoms. The molecule has 2 heterocycles. The Hall–Kier alpha value is -1.91. The number of aromatic nitrogens is 3. The highest BCUT2D eigenvalue weighted by atomic mass is 16.5. The largest absolute Gasteiger partial charge is 0.361 e. The summed E-state index contributed by atoms with van der Waals surface area (Å²) < 4.78 is 5.31. The Balaban J connectivity index is 1.67. The number of nitrogens with one attached hydrogen (secondary N) is 1. The minimum atomic E-state index is 0.595. The second-order valence-electron chi connectivity index (χ2n) is 5.19. The lowest BCUT2D eigenvalue weighted by Gasteiger charge is -2.07. The summed E-state index contributed by atoms with van der Waals surface area (Å²) in [4.78, 5) is 8.84. The number of hydrogen-bond donors (Lipinski definition) is 1. The molecular formula is C14H18N4O. The standard InChI is InChI=1S/C14H18N4O/c1-8-9(2)16-14(17-10(8)3)15-7-12-6-13(19-18-12)11-4-5-11/h6,11H,4-5,7H2,1-3H3,(H,15,16,17). The smallest absolute Gasteiger partial charge is 0.223 e. The molecule has 1 aliphatic carbocycles. The van der Waals surface area contributed by atoms with Crippen molar-refractivity contribution in [3.05, 3.63) is 34.5 Å². The van der Waals surface area contributed by atoms with Crippen LogP contribution in [0.3, 0.4) is 0 Å². The van der Waals surface area contributed by atoms with E-state index >= 15 is 0 Å². The average molecular weight is 258 g/mol. The van der Waals surface area contributed by atoms with Crippen molar-refractivity contribution in [1.82, 2.24) is 15.1 Å². The van der Waals surface area contributed by atoms with Gasteiger partial charge in [0.05, 0.1) is 6.54 Å². The number of hydrogen-bond acceptors (Lipinski definition) is 5. The molecule has 1 fully saturated rings. The second kappa shape index (κ2) is 4.64.